The van der Waals surface area contributed by atoms with E-state index in [9.17, 15) is 14.9 Å². The van der Waals surface area contributed by atoms with E-state index in [1.54, 1.807) is 23.4 Å². The molecule has 1 aliphatic heterocycles. The summed E-state index contributed by atoms with van der Waals surface area (Å²) < 4.78 is 5.16. The van der Waals surface area contributed by atoms with Crippen LogP contribution in [0.2, 0.25) is 0 Å². The van der Waals surface area contributed by atoms with Gasteiger partial charge in [-0.05, 0) is 55.7 Å². The van der Waals surface area contributed by atoms with Crippen molar-refractivity contribution in [1.82, 2.24) is 4.98 Å². The molecule has 3 heterocycles. The van der Waals surface area contributed by atoms with Crippen LogP contribution in [0.4, 0.5) is 5.00 Å². The average Bonchev–Trinajstić information content (AvgIpc) is 3.22. The maximum atomic E-state index is 13.3. The van der Waals surface area contributed by atoms with Gasteiger partial charge in [0.1, 0.15) is 10.8 Å². The van der Waals surface area contributed by atoms with Crippen molar-refractivity contribution < 1.29 is 14.3 Å². The van der Waals surface area contributed by atoms with Gasteiger partial charge in [-0.3, -0.25) is 14.7 Å². The predicted octanol–water partition coefficient (Wildman–Crippen LogP) is 4.11. The number of hydrogen-bond donors (Lipinski definition) is 1. The lowest BCUT2D eigenvalue weighted by Crippen LogP contribution is -2.39. The molecular formula is C25H24N4O3S. The van der Waals surface area contributed by atoms with E-state index in [1.165, 1.54) is 18.4 Å². The van der Waals surface area contributed by atoms with Gasteiger partial charge in [0.2, 0.25) is 0 Å². The molecule has 0 fully saturated rings. The van der Waals surface area contributed by atoms with E-state index in [4.69, 9.17) is 10.5 Å². The van der Waals surface area contributed by atoms with Crippen molar-refractivity contribution in [3.8, 4) is 6.07 Å². The summed E-state index contributed by atoms with van der Waals surface area (Å²) in [4.78, 5) is 33.3. The molecule has 2 aromatic rings. The Morgan fingerprint density at radius 1 is 1.27 bits per heavy atom. The smallest absolute Gasteiger partial charge is 0.341 e. The lowest BCUT2D eigenvalue weighted by Gasteiger charge is -2.39. The molecule has 33 heavy (non-hydrogen) atoms. The van der Waals surface area contributed by atoms with Crippen LogP contribution in [0.25, 0.3) is 0 Å². The molecule has 8 heteroatoms. The quantitative estimate of drug-likeness (QED) is 0.686. The SMILES string of the molecule is COC(=O)c1c(N2C(N)=C(C#N)C(c3cccnc3)C3=C2CCCC3=O)sc2c1CCCC2. The molecule has 1 atom stereocenters. The fourth-order valence-electron chi connectivity index (χ4n) is 5.22. The Bertz CT molecular complexity index is 1250. The van der Waals surface area contributed by atoms with Crippen LogP contribution in [0.5, 0.6) is 0 Å². The monoisotopic (exact) mass is 460 g/mol. The highest BCUT2D eigenvalue weighted by Gasteiger charge is 2.42. The molecular weight excluding hydrogens is 436 g/mol. The number of anilines is 1. The number of Topliss-reactive ketones (excluding diaryl/α,β-unsaturated/α-hetero) is 1. The Morgan fingerprint density at radius 3 is 2.82 bits per heavy atom. The van der Waals surface area contributed by atoms with Gasteiger partial charge in [-0.15, -0.1) is 11.3 Å². The number of allylic oxidation sites excluding steroid dienone is 3. The molecule has 0 aromatic carbocycles. The normalized spacial score (nSPS) is 20.3. The van der Waals surface area contributed by atoms with Crippen LogP contribution in [-0.2, 0) is 22.4 Å². The number of fused-ring (bicyclic) bond motifs is 1. The number of rotatable bonds is 3. The third-order valence-corrected chi connectivity index (χ3v) is 7.95. The number of nitrogens with two attached hydrogens (primary N) is 1. The molecule has 0 spiro atoms. The van der Waals surface area contributed by atoms with E-state index in [1.807, 2.05) is 6.07 Å². The second-order valence-corrected chi connectivity index (χ2v) is 9.57. The number of nitrogens with zero attached hydrogens (tertiary/aromatic N) is 3. The number of esters is 1. The Morgan fingerprint density at radius 2 is 2.09 bits per heavy atom. The van der Waals surface area contributed by atoms with E-state index < -0.39 is 11.9 Å². The Labute approximate surface area is 196 Å². The number of aryl methyl sites for hydroxylation is 1. The van der Waals surface area contributed by atoms with Gasteiger partial charge in [0, 0.05) is 35.0 Å². The molecule has 2 aromatic heterocycles. The fourth-order valence-corrected chi connectivity index (χ4v) is 6.64. The molecule has 0 amide bonds. The summed E-state index contributed by atoms with van der Waals surface area (Å²) in [6.45, 7) is 0. The molecule has 5 rings (SSSR count). The summed E-state index contributed by atoms with van der Waals surface area (Å²) in [5.41, 5.74) is 10.6. The van der Waals surface area contributed by atoms with Crippen LogP contribution in [-0.4, -0.2) is 23.8 Å². The van der Waals surface area contributed by atoms with Crippen molar-refractivity contribution in [2.45, 2.75) is 50.9 Å². The topological polar surface area (TPSA) is 109 Å². The first kappa shape index (κ1) is 21.4. The molecule has 3 aliphatic rings. The first-order chi connectivity index (χ1) is 16.1. The fraction of sp³-hybridized carbons (Fsp3) is 0.360. The van der Waals surface area contributed by atoms with E-state index in [2.05, 4.69) is 11.1 Å². The average molecular weight is 461 g/mol. The number of thiophene rings is 1. The van der Waals surface area contributed by atoms with Gasteiger partial charge in [0.15, 0.2) is 5.78 Å². The summed E-state index contributed by atoms with van der Waals surface area (Å²) in [5, 5.41) is 10.8. The molecule has 2 aliphatic carbocycles. The maximum Gasteiger partial charge on any atom is 0.341 e. The summed E-state index contributed by atoms with van der Waals surface area (Å²) >= 11 is 1.53. The van der Waals surface area contributed by atoms with Gasteiger partial charge in [-0.2, -0.15) is 5.26 Å². The van der Waals surface area contributed by atoms with Crippen LogP contribution >= 0.6 is 11.3 Å². The maximum absolute atomic E-state index is 13.3. The zero-order valence-electron chi connectivity index (χ0n) is 18.4. The lowest BCUT2D eigenvalue weighted by atomic mass is 9.76. The third-order valence-electron chi connectivity index (χ3n) is 6.68. The number of pyridine rings is 1. The zero-order chi connectivity index (χ0) is 23.1. The first-order valence-electron chi connectivity index (χ1n) is 11.2. The number of methoxy groups -OCH3 is 1. The molecule has 168 valence electrons. The summed E-state index contributed by atoms with van der Waals surface area (Å²) in [7, 11) is 1.38. The first-order valence-corrected chi connectivity index (χ1v) is 12.0. The molecule has 7 nitrogen and oxygen atoms in total. The van der Waals surface area contributed by atoms with Crippen molar-refractivity contribution in [3.63, 3.8) is 0 Å². The number of carbonyl (C=O) groups excluding carboxylic acids is 2. The molecule has 2 N–H and O–H groups in total. The highest BCUT2D eigenvalue weighted by Crippen LogP contribution is 2.50. The van der Waals surface area contributed by atoms with E-state index in [0.717, 1.165) is 47.4 Å². The summed E-state index contributed by atoms with van der Waals surface area (Å²) in [6.07, 6.45) is 8.89. The van der Waals surface area contributed by atoms with Crippen molar-refractivity contribution in [1.29, 1.82) is 5.26 Å². The van der Waals surface area contributed by atoms with E-state index >= 15 is 0 Å². The Balaban J connectivity index is 1.78. The Kier molecular flexibility index (Phi) is 5.51. The van der Waals surface area contributed by atoms with Gasteiger partial charge in [0.25, 0.3) is 0 Å². The van der Waals surface area contributed by atoms with Gasteiger partial charge in [-0.1, -0.05) is 6.07 Å². The number of ether oxygens (including phenoxy) is 1. The highest BCUT2D eigenvalue weighted by molar-refractivity contribution is 7.16. The molecule has 1 unspecified atom stereocenters. The van der Waals surface area contributed by atoms with Crippen molar-refractivity contribution in [2.24, 2.45) is 5.73 Å². The largest absolute Gasteiger partial charge is 0.465 e. The van der Waals surface area contributed by atoms with Crippen LogP contribution in [0.1, 0.15) is 64.4 Å². The minimum atomic E-state index is -0.557. The molecule has 0 radical (unpaired) electrons. The van der Waals surface area contributed by atoms with E-state index in [0.29, 0.717) is 41.0 Å². The minimum absolute atomic E-state index is 0.0105. The number of ketones is 1. The van der Waals surface area contributed by atoms with Crippen LogP contribution in [0.15, 0.2) is 47.2 Å². The van der Waals surface area contributed by atoms with Crippen molar-refractivity contribution >= 4 is 28.1 Å². The van der Waals surface area contributed by atoms with Gasteiger partial charge in [0.05, 0.1) is 30.2 Å². The van der Waals surface area contributed by atoms with Crippen LogP contribution < -0.4 is 10.6 Å². The van der Waals surface area contributed by atoms with E-state index in [-0.39, 0.29) is 11.6 Å². The summed E-state index contributed by atoms with van der Waals surface area (Å²) in [5.74, 6) is -0.687. The Hall–Kier alpha value is -3.44. The standard InChI is InChI=1S/C25H24N4O3S/c1-32-25(31)21-15-7-2-3-10-19(15)33-24(21)29-17-8-4-9-18(30)22(17)20(16(12-26)23(29)27)14-6-5-11-28-13-14/h5-6,11,13,20H,2-4,7-10,27H2,1H3. The van der Waals surface area contributed by atoms with Crippen LogP contribution in [0.3, 0.4) is 0 Å². The molecule has 0 saturated carbocycles. The van der Waals surface area contributed by atoms with Crippen molar-refractivity contribution in [2.75, 3.05) is 12.0 Å². The second kappa shape index (κ2) is 8.49. The van der Waals surface area contributed by atoms with Crippen molar-refractivity contribution in [3.05, 3.63) is 68.8 Å². The lowest BCUT2D eigenvalue weighted by molar-refractivity contribution is -0.116. The minimum Gasteiger partial charge on any atom is -0.465 e. The number of nitriles is 1. The second-order valence-electron chi connectivity index (χ2n) is 8.49. The van der Waals surface area contributed by atoms with Crippen LogP contribution in [0, 0.1) is 11.3 Å². The van der Waals surface area contributed by atoms with Gasteiger partial charge < -0.3 is 10.5 Å². The molecule has 0 saturated heterocycles. The number of carbonyl (C=O) groups is 2. The third kappa shape index (κ3) is 3.35. The molecule has 0 bridgehead atoms. The highest BCUT2D eigenvalue weighted by atomic mass is 32.1. The zero-order valence-corrected chi connectivity index (χ0v) is 19.2. The number of hydrogen-bond acceptors (Lipinski definition) is 8. The van der Waals surface area contributed by atoms with Gasteiger partial charge in [-0.25, -0.2) is 4.79 Å². The predicted molar refractivity (Wildman–Crippen MR) is 124 cm³/mol. The number of aromatic nitrogens is 1. The summed E-state index contributed by atoms with van der Waals surface area (Å²) in [6, 6.07) is 5.93. The van der Waals surface area contributed by atoms with Gasteiger partial charge >= 0.3 is 5.97 Å².